The van der Waals surface area contributed by atoms with E-state index in [1.165, 1.54) is 27.8 Å². The Morgan fingerprint density at radius 3 is 1.79 bits per heavy atom. The van der Waals surface area contributed by atoms with Gasteiger partial charge in [-0.15, -0.1) is 0 Å². The Morgan fingerprint density at radius 2 is 1.02 bits per heavy atom. The Hall–Kier alpha value is -5.80. The van der Waals surface area contributed by atoms with Crippen LogP contribution in [0.15, 0.2) is 146 Å². The van der Waals surface area contributed by atoms with Gasteiger partial charge in [0.1, 0.15) is 5.75 Å². The maximum atomic E-state index is 10.7. The molecule has 3 heteroatoms. The molecule has 0 saturated carbocycles. The zero-order valence-electron chi connectivity index (χ0n) is 26.7. The van der Waals surface area contributed by atoms with E-state index in [-0.39, 0.29) is 11.2 Å². The fourth-order valence-electron chi connectivity index (χ4n) is 7.01. The first-order valence-electron chi connectivity index (χ1n) is 16.1. The van der Waals surface area contributed by atoms with Crippen LogP contribution < -0.4 is 0 Å². The molecule has 47 heavy (non-hydrogen) atoms. The standard InChI is InChI=1S/C44H34N2O/c1-28-22-33(30-20-21-36-35-16-7-9-18-38(35)44(2,3)39(36)24-30)25-40(45-28)31-14-11-15-32(23-31)41-26-34(29-12-5-4-6-13-29)27-42(46-41)37-17-8-10-19-43(37)47/h4-27,47H,1-3H3. The van der Waals surface area contributed by atoms with E-state index >= 15 is 0 Å². The molecule has 226 valence electrons. The molecule has 0 amide bonds. The van der Waals surface area contributed by atoms with Crippen molar-refractivity contribution in [2.24, 2.45) is 0 Å². The van der Waals surface area contributed by atoms with Crippen LogP contribution in [0.1, 0.15) is 30.7 Å². The summed E-state index contributed by atoms with van der Waals surface area (Å²) in [5.74, 6) is 0.209. The Kier molecular flexibility index (Phi) is 6.84. The number of hydrogen-bond donors (Lipinski definition) is 1. The molecule has 0 spiro atoms. The van der Waals surface area contributed by atoms with Gasteiger partial charge in [0.25, 0.3) is 0 Å². The van der Waals surface area contributed by atoms with Gasteiger partial charge in [-0.25, -0.2) is 4.98 Å². The van der Waals surface area contributed by atoms with Crippen molar-refractivity contribution in [3.8, 4) is 72.9 Å². The number of benzene rings is 5. The third-order valence-corrected chi connectivity index (χ3v) is 9.44. The lowest BCUT2D eigenvalue weighted by molar-refractivity contribution is 0.477. The summed E-state index contributed by atoms with van der Waals surface area (Å²) in [5, 5.41) is 10.7. The van der Waals surface area contributed by atoms with Gasteiger partial charge in [0.15, 0.2) is 0 Å². The average Bonchev–Trinajstić information content (AvgIpc) is 3.34. The van der Waals surface area contributed by atoms with Gasteiger partial charge in [0.05, 0.1) is 17.1 Å². The molecule has 0 atom stereocenters. The predicted molar refractivity (Wildman–Crippen MR) is 193 cm³/mol. The number of phenolic OH excluding ortho intramolecular Hbond substituents is 1. The number of fused-ring (bicyclic) bond motifs is 3. The van der Waals surface area contributed by atoms with Crippen LogP contribution >= 0.6 is 0 Å². The lowest BCUT2D eigenvalue weighted by Gasteiger charge is -2.22. The normalized spacial score (nSPS) is 12.8. The number of phenols is 1. The van der Waals surface area contributed by atoms with Crippen LogP contribution in [-0.4, -0.2) is 15.1 Å². The summed E-state index contributed by atoms with van der Waals surface area (Å²) in [7, 11) is 0. The number of aromatic nitrogens is 2. The molecule has 3 nitrogen and oxygen atoms in total. The summed E-state index contributed by atoms with van der Waals surface area (Å²) in [5.41, 5.74) is 16.0. The number of pyridine rings is 2. The molecule has 2 aromatic heterocycles. The minimum Gasteiger partial charge on any atom is -0.507 e. The predicted octanol–water partition coefficient (Wildman–Crippen LogP) is 11.1. The van der Waals surface area contributed by atoms with Crippen LogP contribution in [-0.2, 0) is 5.41 Å². The van der Waals surface area contributed by atoms with E-state index in [0.29, 0.717) is 5.56 Å². The molecule has 0 saturated heterocycles. The highest BCUT2D eigenvalue weighted by Crippen LogP contribution is 2.49. The van der Waals surface area contributed by atoms with Gasteiger partial charge in [-0.3, -0.25) is 4.98 Å². The van der Waals surface area contributed by atoms with Crippen molar-refractivity contribution in [3.05, 3.63) is 162 Å². The van der Waals surface area contributed by atoms with Gasteiger partial charge in [0.2, 0.25) is 0 Å². The highest BCUT2D eigenvalue weighted by atomic mass is 16.3. The molecule has 0 bridgehead atoms. The molecule has 0 unspecified atom stereocenters. The molecule has 2 heterocycles. The van der Waals surface area contributed by atoms with Crippen molar-refractivity contribution >= 4 is 0 Å². The Morgan fingerprint density at radius 1 is 0.426 bits per heavy atom. The molecule has 0 fully saturated rings. The Labute approximate surface area is 275 Å². The van der Waals surface area contributed by atoms with Crippen molar-refractivity contribution < 1.29 is 5.11 Å². The van der Waals surface area contributed by atoms with Crippen LogP contribution in [0.2, 0.25) is 0 Å². The van der Waals surface area contributed by atoms with Gasteiger partial charge < -0.3 is 5.11 Å². The summed E-state index contributed by atoms with van der Waals surface area (Å²) in [6.07, 6.45) is 0. The van der Waals surface area contributed by atoms with Crippen LogP contribution in [0, 0.1) is 6.92 Å². The van der Waals surface area contributed by atoms with E-state index < -0.39 is 0 Å². The van der Waals surface area contributed by atoms with Gasteiger partial charge in [-0.1, -0.05) is 111 Å². The summed E-state index contributed by atoms with van der Waals surface area (Å²) in [6, 6.07) is 50.3. The summed E-state index contributed by atoms with van der Waals surface area (Å²) in [6.45, 7) is 6.70. The smallest absolute Gasteiger partial charge is 0.124 e. The minimum atomic E-state index is -0.0577. The topological polar surface area (TPSA) is 46.0 Å². The molecule has 1 N–H and O–H groups in total. The van der Waals surface area contributed by atoms with E-state index in [9.17, 15) is 5.11 Å². The number of aryl methyl sites for hydroxylation is 1. The number of rotatable bonds is 5. The fourth-order valence-corrected chi connectivity index (χ4v) is 7.01. The summed E-state index contributed by atoms with van der Waals surface area (Å²) >= 11 is 0. The van der Waals surface area contributed by atoms with Crippen LogP contribution in [0.25, 0.3) is 67.2 Å². The van der Waals surface area contributed by atoms with Gasteiger partial charge in [-0.2, -0.15) is 0 Å². The van der Waals surface area contributed by atoms with Gasteiger partial charge in [0, 0.05) is 27.8 Å². The quantitative estimate of drug-likeness (QED) is 0.212. The maximum absolute atomic E-state index is 10.7. The number of nitrogens with zero attached hydrogens (tertiary/aromatic N) is 2. The van der Waals surface area contributed by atoms with Crippen molar-refractivity contribution in [2.45, 2.75) is 26.2 Å². The monoisotopic (exact) mass is 606 g/mol. The molecule has 1 aliphatic rings. The van der Waals surface area contributed by atoms with Crippen molar-refractivity contribution in [2.75, 3.05) is 0 Å². The van der Waals surface area contributed by atoms with Crippen molar-refractivity contribution in [3.63, 3.8) is 0 Å². The molecule has 8 rings (SSSR count). The molecule has 7 aromatic rings. The Balaban J connectivity index is 1.21. The second kappa shape index (κ2) is 11.2. The van der Waals surface area contributed by atoms with Crippen LogP contribution in [0.5, 0.6) is 5.75 Å². The van der Waals surface area contributed by atoms with Gasteiger partial charge >= 0.3 is 0 Å². The molecular formula is C44H34N2O. The van der Waals surface area contributed by atoms with Crippen LogP contribution in [0.3, 0.4) is 0 Å². The lowest BCUT2D eigenvalue weighted by atomic mass is 9.81. The first-order chi connectivity index (χ1) is 22.8. The number of hydrogen-bond acceptors (Lipinski definition) is 3. The van der Waals surface area contributed by atoms with Crippen molar-refractivity contribution in [1.29, 1.82) is 0 Å². The zero-order valence-corrected chi connectivity index (χ0v) is 26.7. The second-order valence-electron chi connectivity index (χ2n) is 12.9. The highest BCUT2D eigenvalue weighted by molar-refractivity contribution is 5.85. The zero-order chi connectivity index (χ0) is 32.1. The van der Waals surface area contributed by atoms with E-state index in [4.69, 9.17) is 9.97 Å². The maximum Gasteiger partial charge on any atom is 0.124 e. The molecule has 5 aromatic carbocycles. The van der Waals surface area contributed by atoms with Crippen LogP contribution in [0.4, 0.5) is 0 Å². The van der Waals surface area contributed by atoms with Crippen molar-refractivity contribution in [1.82, 2.24) is 9.97 Å². The molecule has 1 aliphatic carbocycles. The lowest BCUT2D eigenvalue weighted by Crippen LogP contribution is -2.14. The number of para-hydroxylation sites is 1. The third kappa shape index (κ3) is 5.10. The average molecular weight is 607 g/mol. The first-order valence-corrected chi connectivity index (χ1v) is 16.1. The SMILES string of the molecule is Cc1cc(-c2ccc3c(c2)C(C)(C)c2ccccc2-3)cc(-c2cccc(-c3cc(-c4ccccc4)cc(-c4ccccc4O)n3)c2)n1. The van der Waals surface area contributed by atoms with Gasteiger partial charge in [-0.05, 0) is 100.0 Å². The summed E-state index contributed by atoms with van der Waals surface area (Å²) in [4.78, 5) is 10.0. The molecule has 0 aliphatic heterocycles. The molecular weight excluding hydrogens is 572 g/mol. The second-order valence-corrected chi connectivity index (χ2v) is 12.9. The molecule has 0 radical (unpaired) electrons. The third-order valence-electron chi connectivity index (χ3n) is 9.44. The highest BCUT2D eigenvalue weighted by Gasteiger charge is 2.35. The largest absolute Gasteiger partial charge is 0.507 e. The van der Waals surface area contributed by atoms with E-state index in [1.807, 2.05) is 42.5 Å². The van der Waals surface area contributed by atoms with E-state index in [0.717, 1.165) is 50.6 Å². The van der Waals surface area contributed by atoms with E-state index in [1.54, 1.807) is 6.07 Å². The first kappa shape index (κ1) is 28.7. The Bertz CT molecular complexity index is 2300. The van der Waals surface area contributed by atoms with E-state index in [2.05, 4.69) is 118 Å². The number of aromatic hydroxyl groups is 1. The fraction of sp³-hybridized carbons (Fsp3) is 0.0909. The minimum absolute atomic E-state index is 0.0577. The summed E-state index contributed by atoms with van der Waals surface area (Å²) < 4.78 is 0.